The van der Waals surface area contributed by atoms with E-state index in [1.165, 1.54) is 0 Å². The Bertz CT molecular complexity index is 295. The molecular weight excluding hydrogens is 176 g/mol. The maximum absolute atomic E-state index is 11.6. The number of hydrogen-bond donors (Lipinski definition) is 0. The lowest BCUT2D eigenvalue weighted by atomic mass is 10.2. The molecule has 3 heteroatoms. The zero-order chi connectivity index (χ0) is 10.6. The van der Waals surface area contributed by atoms with Gasteiger partial charge in [-0.1, -0.05) is 19.9 Å². The summed E-state index contributed by atoms with van der Waals surface area (Å²) in [6.07, 6.45) is 3.51. The molecule has 1 amide bonds. The number of hydrogen-bond acceptors (Lipinski definition) is 2. The predicted octanol–water partition coefficient (Wildman–Crippen LogP) is 1.70. The number of pyridine rings is 1. The van der Waals surface area contributed by atoms with E-state index < -0.39 is 0 Å². The molecule has 1 heterocycles. The van der Waals surface area contributed by atoms with Crippen molar-refractivity contribution < 1.29 is 4.79 Å². The molecule has 14 heavy (non-hydrogen) atoms. The first-order chi connectivity index (χ1) is 6.61. The maximum Gasteiger partial charge on any atom is 0.225 e. The van der Waals surface area contributed by atoms with Crippen molar-refractivity contribution in [1.82, 2.24) is 9.88 Å². The van der Waals surface area contributed by atoms with E-state index in [-0.39, 0.29) is 11.8 Å². The van der Waals surface area contributed by atoms with Gasteiger partial charge in [-0.05, 0) is 11.6 Å². The lowest BCUT2D eigenvalue weighted by Gasteiger charge is -2.19. The van der Waals surface area contributed by atoms with Crippen LogP contribution in [0, 0.1) is 5.92 Å². The number of aromatic nitrogens is 1. The Morgan fingerprint density at radius 3 is 2.79 bits per heavy atom. The molecule has 3 nitrogen and oxygen atoms in total. The minimum absolute atomic E-state index is 0.0525. The van der Waals surface area contributed by atoms with Crippen molar-refractivity contribution in [2.24, 2.45) is 5.92 Å². The fraction of sp³-hybridized carbons (Fsp3) is 0.455. The summed E-state index contributed by atoms with van der Waals surface area (Å²) in [7, 11) is 1.81. The average Bonchev–Trinajstić information content (AvgIpc) is 2.18. The van der Waals surface area contributed by atoms with E-state index in [2.05, 4.69) is 4.98 Å². The van der Waals surface area contributed by atoms with E-state index in [0.717, 1.165) is 5.56 Å². The highest BCUT2D eigenvalue weighted by Gasteiger charge is 2.12. The first-order valence-electron chi connectivity index (χ1n) is 4.75. The fourth-order valence-electron chi connectivity index (χ4n) is 1.28. The van der Waals surface area contributed by atoms with Gasteiger partial charge in [0.1, 0.15) is 0 Å². The van der Waals surface area contributed by atoms with Crippen molar-refractivity contribution in [1.29, 1.82) is 0 Å². The molecule has 0 aromatic carbocycles. The van der Waals surface area contributed by atoms with Crippen LogP contribution in [0.4, 0.5) is 0 Å². The SMILES string of the molecule is CC(C)C(=O)N(C)Cc1cccnc1. The molecular formula is C11H16N2O. The van der Waals surface area contributed by atoms with Gasteiger partial charge >= 0.3 is 0 Å². The number of rotatable bonds is 3. The van der Waals surface area contributed by atoms with Crippen LogP contribution in [-0.2, 0) is 11.3 Å². The van der Waals surface area contributed by atoms with Crippen LogP contribution in [0.5, 0.6) is 0 Å². The van der Waals surface area contributed by atoms with E-state index >= 15 is 0 Å². The number of nitrogens with zero attached hydrogens (tertiary/aromatic N) is 2. The van der Waals surface area contributed by atoms with Crippen LogP contribution in [0.3, 0.4) is 0 Å². The van der Waals surface area contributed by atoms with Crippen LogP contribution in [0.15, 0.2) is 24.5 Å². The molecule has 0 bridgehead atoms. The van der Waals surface area contributed by atoms with Crippen LogP contribution in [0.25, 0.3) is 0 Å². The smallest absolute Gasteiger partial charge is 0.225 e. The lowest BCUT2D eigenvalue weighted by Crippen LogP contribution is -2.29. The van der Waals surface area contributed by atoms with Crippen molar-refractivity contribution in [2.45, 2.75) is 20.4 Å². The molecule has 0 fully saturated rings. The normalized spacial score (nSPS) is 10.3. The van der Waals surface area contributed by atoms with E-state index in [4.69, 9.17) is 0 Å². The third kappa shape index (κ3) is 2.83. The van der Waals surface area contributed by atoms with Crippen molar-refractivity contribution in [3.63, 3.8) is 0 Å². The van der Waals surface area contributed by atoms with Crippen LogP contribution < -0.4 is 0 Å². The Morgan fingerprint density at radius 1 is 1.57 bits per heavy atom. The lowest BCUT2D eigenvalue weighted by molar-refractivity contribution is -0.133. The van der Waals surface area contributed by atoms with E-state index in [1.54, 1.807) is 17.3 Å². The molecule has 0 aliphatic heterocycles. The summed E-state index contributed by atoms with van der Waals surface area (Å²) < 4.78 is 0. The van der Waals surface area contributed by atoms with Crippen molar-refractivity contribution in [3.8, 4) is 0 Å². The molecule has 0 atom stereocenters. The molecule has 0 radical (unpaired) electrons. The van der Waals surface area contributed by atoms with Gasteiger partial charge in [0.25, 0.3) is 0 Å². The highest BCUT2D eigenvalue weighted by Crippen LogP contribution is 2.05. The van der Waals surface area contributed by atoms with Crippen LogP contribution >= 0.6 is 0 Å². The van der Waals surface area contributed by atoms with Gasteiger partial charge < -0.3 is 4.90 Å². The fourth-order valence-corrected chi connectivity index (χ4v) is 1.28. The van der Waals surface area contributed by atoms with Gasteiger partial charge in [0.05, 0.1) is 0 Å². The third-order valence-corrected chi connectivity index (χ3v) is 2.01. The molecule has 0 aliphatic rings. The first kappa shape index (κ1) is 10.7. The largest absolute Gasteiger partial charge is 0.341 e. The van der Waals surface area contributed by atoms with E-state index in [9.17, 15) is 4.79 Å². The Labute approximate surface area is 84.8 Å². The predicted molar refractivity (Wildman–Crippen MR) is 55.5 cm³/mol. The molecule has 0 unspecified atom stereocenters. The van der Waals surface area contributed by atoms with Gasteiger partial charge in [-0.3, -0.25) is 9.78 Å². The summed E-state index contributed by atoms with van der Waals surface area (Å²) in [5.74, 6) is 0.213. The summed E-state index contributed by atoms with van der Waals surface area (Å²) in [6, 6.07) is 3.85. The monoisotopic (exact) mass is 192 g/mol. The molecule has 0 aliphatic carbocycles. The number of amides is 1. The number of carbonyl (C=O) groups is 1. The van der Waals surface area contributed by atoms with Crippen molar-refractivity contribution in [2.75, 3.05) is 7.05 Å². The van der Waals surface area contributed by atoms with Gasteiger partial charge in [-0.15, -0.1) is 0 Å². The number of carbonyl (C=O) groups excluding carboxylic acids is 1. The van der Waals surface area contributed by atoms with Crippen molar-refractivity contribution >= 4 is 5.91 Å². The topological polar surface area (TPSA) is 33.2 Å². The summed E-state index contributed by atoms with van der Waals surface area (Å²) >= 11 is 0. The molecule has 0 saturated heterocycles. The Balaban J connectivity index is 2.57. The molecule has 1 aromatic rings. The third-order valence-electron chi connectivity index (χ3n) is 2.01. The minimum atomic E-state index is 0.0525. The van der Waals surface area contributed by atoms with Gasteiger partial charge in [-0.25, -0.2) is 0 Å². The van der Waals surface area contributed by atoms with E-state index in [1.807, 2.05) is 33.0 Å². The summed E-state index contributed by atoms with van der Waals surface area (Å²) in [5.41, 5.74) is 1.06. The molecule has 0 saturated carbocycles. The quantitative estimate of drug-likeness (QED) is 0.730. The van der Waals surface area contributed by atoms with Crippen LogP contribution in [0.2, 0.25) is 0 Å². The highest BCUT2D eigenvalue weighted by atomic mass is 16.2. The maximum atomic E-state index is 11.6. The molecule has 0 N–H and O–H groups in total. The van der Waals surface area contributed by atoms with Gasteiger partial charge in [0, 0.05) is 31.9 Å². The Morgan fingerprint density at radius 2 is 2.29 bits per heavy atom. The molecule has 1 rings (SSSR count). The molecule has 0 spiro atoms. The standard InChI is InChI=1S/C11H16N2O/c1-9(2)11(14)13(3)8-10-5-4-6-12-7-10/h4-7,9H,8H2,1-3H3. The van der Waals surface area contributed by atoms with Gasteiger partial charge in [0.2, 0.25) is 5.91 Å². The Kier molecular flexibility index (Phi) is 3.63. The molecule has 76 valence electrons. The van der Waals surface area contributed by atoms with Crippen LogP contribution in [-0.4, -0.2) is 22.8 Å². The summed E-state index contributed by atoms with van der Waals surface area (Å²) in [5, 5.41) is 0. The first-order valence-corrected chi connectivity index (χ1v) is 4.75. The summed E-state index contributed by atoms with van der Waals surface area (Å²) in [6.45, 7) is 4.44. The molecule has 1 aromatic heterocycles. The van der Waals surface area contributed by atoms with Gasteiger partial charge in [-0.2, -0.15) is 0 Å². The average molecular weight is 192 g/mol. The highest BCUT2D eigenvalue weighted by molar-refractivity contribution is 5.77. The second-order valence-electron chi connectivity index (χ2n) is 3.71. The van der Waals surface area contributed by atoms with Gasteiger partial charge in [0.15, 0.2) is 0 Å². The summed E-state index contributed by atoms with van der Waals surface area (Å²) in [4.78, 5) is 17.3. The van der Waals surface area contributed by atoms with Crippen molar-refractivity contribution in [3.05, 3.63) is 30.1 Å². The minimum Gasteiger partial charge on any atom is -0.341 e. The Hall–Kier alpha value is -1.38. The van der Waals surface area contributed by atoms with Crippen LogP contribution in [0.1, 0.15) is 19.4 Å². The second-order valence-corrected chi connectivity index (χ2v) is 3.71. The van der Waals surface area contributed by atoms with E-state index in [0.29, 0.717) is 6.54 Å². The second kappa shape index (κ2) is 4.74. The zero-order valence-corrected chi connectivity index (χ0v) is 8.90. The zero-order valence-electron chi connectivity index (χ0n) is 8.90.